The summed E-state index contributed by atoms with van der Waals surface area (Å²) >= 11 is 4.75. The summed E-state index contributed by atoms with van der Waals surface area (Å²) in [4.78, 5) is 20.6. The zero-order valence-electron chi connectivity index (χ0n) is 15.5. The Balaban J connectivity index is 1.43. The van der Waals surface area contributed by atoms with Gasteiger partial charge in [-0.2, -0.15) is 0 Å². The summed E-state index contributed by atoms with van der Waals surface area (Å²) in [6.45, 7) is 3.20. The monoisotopic (exact) mass is 408 g/mol. The third kappa shape index (κ3) is 3.89. The fourth-order valence-corrected chi connectivity index (χ4v) is 5.70. The van der Waals surface area contributed by atoms with Gasteiger partial charge in [0.1, 0.15) is 11.4 Å². The molecule has 1 amide bonds. The van der Waals surface area contributed by atoms with Crippen molar-refractivity contribution in [3.63, 3.8) is 0 Å². The van der Waals surface area contributed by atoms with Gasteiger partial charge in [-0.15, -0.1) is 4.31 Å². The summed E-state index contributed by atoms with van der Waals surface area (Å²) in [5.74, 6) is 1.18. The highest BCUT2D eigenvalue weighted by molar-refractivity contribution is 7.89. The van der Waals surface area contributed by atoms with Gasteiger partial charge in [0.2, 0.25) is 0 Å². The number of amidine groups is 1. The number of likely N-dealkylation sites (tertiary alicyclic amines) is 1. The average molecular weight is 409 g/mol. The molecule has 1 aromatic carbocycles. The number of carbonyl (C=O) groups excluding carboxylic acids is 1. The van der Waals surface area contributed by atoms with Crippen molar-refractivity contribution >= 4 is 34.7 Å². The molecule has 3 heterocycles. The lowest BCUT2D eigenvalue weighted by atomic mass is 9.89. The second-order valence-corrected chi connectivity index (χ2v) is 9.64. The summed E-state index contributed by atoms with van der Waals surface area (Å²) < 4.78 is 14.7. The molecule has 2 saturated heterocycles. The predicted molar refractivity (Wildman–Crippen MR) is 107 cm³/mol. The number of piperidine rings is 2. The van der Waals surface area contributed by atoms with Crippen LogP contribution < -0.4 is 5.32 Å². The summed E-state index contributed by atoms with van der Waals surface area (Å²) in [5.41, 5.74) is -0.680. The Morgan fingerprint density at radius 2 is 2.11 bits per heavy atom. The minimum atomic E-state index is -1.26. The topological polar surface area (TPSA) is 71.0 Å². The first kappa shape index (κ1) is 19.2. The van der Waals surface area contributed by atoms with Gasteiger partial charge in [-0.3, -0.25) is 9.79 Å². The number of halogens is 1. The largest absolute Gasteiger partial charge is 0.593 e. The van der Waals surface area contributed by atoms with Crippen molar-refractivity contribution in [3.8, 4) is 0 Å². The predicted octanol–water partition coefficient (Wildman–Crippen LogP) is 2.07. The van der Waals surface area contributed by atoms with Crippen LogP contribution in [0.15, 0.2) is 34.2 Å². The number of nitrogens with zero attached hydrogens (tertiary/aromatic N) is 3. The summed E-state index contributed by atoms with van der Waals surface area (Å²) in [6, 6.07) is 7.14. The molecule has 0 saturated carbocycles. The van der Waals surface area contributed by atoms with E-state index in [1.807, 2.05) is 16.4 Å². The number of hydrogen-bond acceptors (Lipinski definition) is 5. The molecule has 4 rings (SSSR count). The molecule has 0 bridgehead atoms. The number of nitrogens with one attached hydrogen (secondary N) is 1. The molecule has 27 heavy (non-hydrogen) atoms. The molecule has 0 aromatic heterocycles. The molecular weight excluding hydrogens is 384 g/mol. The highest BCUT2D eigenvalue weighted by atomic mass is 35.5. The van der Waals surface area contributed by atoms with Crippen LogP contribution >= 0.6 is 11.6 Å². The van der Waals surface area contributed by atoms with Crippen molar-refractivity contribution in [2.75, 3.05) is 33.2 Å². The van der Waals surface area contributed by atoms with E-state index in [1.54, 1.807) is 12.1 Å². The molecule has 6 nitrogen and oxygen atoms in total. The van der Waals surface area contributed by atoms with E-state index in [9.17, 15) is 9.35 Å². The van der Waals surface area contributed by atoms with E-state index in [1.165, 1.54) is 0 Å². The second kappa shape index (κ2) is 7.72. The van der Waals surface area contributed by atoms with Gasteiger partial charge in [-0.25, -0.2) is 0 Å². The minimum absolute atomic E-state index is 0.0129. The lowest BCUT2D eigenvalue weighted by Crippen LogP contribution is -2.50. The van der Waals surface area contributed by atoms with Crippen LogP contribution in [0.1, 0.15) is 25.7 Å². The summed E-state index contributed by atoms with van der Waals surface area (Å²) in [5, 5.41) is 3.64. The maximum absolute atomic E-state index is 12.8. The molecule has 146 valence electrons. The van der Waals surface area contributed by atoms with Crippen LogP contribution in [0.4, 0.5) is 0 Å². The standard InChI is InChI=1S/C19H25ClN4O2S/c1-23-9-3-4-14(13-23)17-21-18(25)19(22-17)7-10-24(11-8-19)27(26)16-6-2-5-15(20)12-16/h2,5-6,12,14H,3-4,7-11,13H2,1H3,(H,21,22,25). The smallest absolute Gasteiger partial charge is 0.253 e. The third-order valence-corrected chi connectivity index (χ3v) is 7.52. The lowest BCUT2D eigenvalue weighted by molar-refractivity contribution is -0.125. The molecule has 2 unspecified atom stereocenters. The third-order valence-electron chi connectivity index (χ3n) is 5.79. The molecule has 1 aromatic rings. The molecule has 3 aliphatic heterocycles. The Labute approximate surface area is 168 Å². The Kier molecular flexibility index (Phi) is 5.49. The average Bonchev–Trinajstić information content (AvgIpc) is 2.98. The zero-order valence-corrected chi connectivity index (χ0v) is 17.1. The Hall–Kier alpha value is -1.12. The van der Waals surface area contributed by atoms with Gasteiger partial charge in [-0.1, -0.05) is 17.7 Å². The maximum atomic E-state index is 12.8. The van der Waals surface area contributed by atoms with Crippen molar-refractivity contribution in [2.24, 2.45) is 10.9 Å². The highest BCUT2D eigenvalue weighted by Gasteiger charge is 2.48. The molecule has 0 radical (unpaired) electrons. The minimum Gasteiger partial charge on any atom is -0.593 e. The molecule has 8 heteroatoms. The first-order valence-corrected chi connectivity index (χ1v) is 11.0. The number of rotatable bonds is 3. The van der Waals surface area contributed by atoms with Gasteiger partial charge in [0.15, 0.2) is 4.90 Å². The molecule has 1 spiro atoms. The number of hydrogen-bond donors (Lipinski definition) is 1. The number of aliphatic imine (C=N–C) groups is 1. The Morgan fingerprint density at radius 1 is 1.33 bits per heavy atom. The van der Waals surface area contributed by atoms with Crippen LogP contribution in [0.2, 0.25) is 5.02 Å². The second-order valence-electron chi connectivity index (χ2n) is 7.72. The fourth-order valence-electron chi connectivity index (χ4n) is 4.21. The first-order chi connectivity index (χ1) is 13.0. The van der Waals surface area contributed by atoms with Crippen LogP contribution in [0.3, 0.4) is 0 Å². The van der Waals surface area contributed by atoms with E-state index in [0.29, 0.717) is 41.8 Å². The van der Waals surface area contributed by atoms with E-state index in [2.05, 4.69) is 17.3 Å². The highest BCUT2D eigenvalue weighted by Crippen LogP contribution is 2.34. The van der Waals surface area contributed by atoms with Crippen LogP contribution in [0, 0.1) is 5.92 Å². The number of benzene rings is 1. The van der Waals surface area contributed by atoms with Gasteiger partial charge >= 0.3 is 0 Å². The van der Waals surface area contributed by atoms with Crippen molar-refractivity contribution in [1.29, 1.82) is 0 Å². The van der Waals surface area contributed by atoms with E-state index in [4.69, 9.17) is 16.6 Å². The van der Waals surface area contributed by atoms with Crippen molar-refractivity contribution in [2.45, 2.75) is 36.1 Å². The normalized spacial score (nSPS) is 27.4. The number of carbonyl (C=O) groups is 1. The van der Waals surface area contributed by atoms with Gasteiger partial charge in [-0.05, 0) is 51.4 Å². The Bertz CT molecular complexity index is 751. The number of amides is 1. The van der Waals surface area contributed by atoms with Gasteiger partial charge in [0.05, 0.1) is 11.4 Å². The van der Waals surface area contributed by atoms with Crippen LogP contribution in [0.25, 0.3) is 0 Å². The first-order valence-electron chi connectivity index (χ1n) is 9.49. The zero-order chi connectivity index (χ0) is 19.0. The molecule has 3 aliphatic rings. The van der Waals surface area contributed by atoms with E-state index >= 15 is 0 Å². The molecular formula is C19H25ClN4O2S. The quantitative estimate of drug-likeness (QED) is 0.777. The summed E-state index contributed by atoms with van der Waals surface area (Å²) in [6.07, 6.45) is 3.40. The van der Waals surface area contributed by atoms with Crippen molar-refractivity contribution in [1.82, 2.24) is 14.5 Å². The lowest BCUT2D eigenvalue weighted by Gasteiger charge is -2.34. The van der Waals surface area contributed by atoms with Gasteiger partial charge < -0.3 is 14.8 Å². The van der Waals surface area contributed by atoms with Gasteiger partial charge in [0, 0.05) is 36.6 Å². The molecule has 2 atom stereocenters. The van der Waals surface area contributed by atoms with Crippen LogP contribution in [-0.4, -0.2) is 64.3 Å². The van der Waals surface area contributed by atoms with Crippen LogP contribution in [0.5, 0.6) is 0 Å². The van der Waals surface area contributed by atoms with Crippen molar-refractivity contribution < 1.29 is 9.35 Å². The van der Waals surface area contributed by atoms with Crippen molar-refractivity contribution in [3.05, 3.63) is 29.3 Å². The molecule has 2 fully saturated rings. The van der Waals surface area contributed by atoms with E-state index in [0.717, 1.165) is 31.8 Å². The van der Waals surface area contributed by atoms with Gasteiger partial charge in [0.25, 0.3) is 5.91 Å². The van der Waals surface area contributed by atoms with E-state index in [-0.39, 0.29) is 5.91 Å². The molecule has 1 N–H and O–H groups in total. The maximum Gasteiger partial charge on any atom is 0.253 e. The Morgan fingerprint density at radius 3 is 2.81 bits per heavy atom. The molecule has 0 aliphatic carbocycles. The summed E-state index contributed by atoms with van der Waals surface area (Å²) in [7, 11) is 2.11. The van der Waals surface area contributed by atoms with Crippen LogP contribution in [-0.2, 0) is 16.2 Å². The van der Waals surface area contributed by atoms with E-state index < -0.39 is 16.9 Å². The fraction of sp³-hybridized carbons (Fsp3) is 0.579. The SMILES string of the molecule is CN1CCCC(C2=NC3(CCN([S+]([O-])c4cccc(Cl)c4)CC3)C(=O)N2)C1.